The topological polar surface area (TPSA) is 38.7 Å². The molecular weight excluding hydrogens is 228 g/mol. The molecule has 0 amide bonds. The van der Waals surface area contributed by atoms with E-state index in [1.807, 2.05) is 39.0 Å². The Morgan fingerprint density at radius 2 is 1.78 bits per heavy atom. The predicted molar refractivity (Wildman–Crippen MR) is 71.0 cm³/mol. The third-order valence-corrected chi connectivity index (χ3v) is 3.15. The van der Waals surface area contributed by atoms with Crippen LogP contribution in [0, 0.1) is 11.3 Å². The van der Waals surface area contributed by atoms with Crippen molar-refractivity contribution in [3.63, 3.8) is 0 Å². The SMILES string of the molecule is CC1COc2ccc(C(O)C(C)(C)C)cc2OC1. The third kappa shape index (κ3) is 2.78. The summed E-state index contributed by atoms with van der Waals surface area (Å²) in [5.74, 6) is 1.89. The molecule has 0 aliphatic carbocycles. The molecule has 1 aliphatic heterocycles. The monoisotopic (exact) mass is 250 g/mol. The second-order valence-electron chi connectivity index (χ2n) is 6.20. The maximum atomic E-state index is 10.3. The van der Waals surface area contributed by atoms with Crippen molar-refractivity contribution in [1.29, 1.82) is 0 Å². The molecule has 3 heteroatoms. The van der Waals surface area contributed by atoms with Gasteiger partial charge in [-0.2, -0.15) is 0 Å². The predicted octanol–water partition coefficient (Wildman–Crippen LogP) is 3.17. The van der Waals surface area contributed by atoms with E-state index in [1.54, 1.807) is 0 Å². The normalized spacial score (nSPS) is 21.3. The fourth-order valence-corrected chi connectivity index (χ4v) is 1.94. The van der Waals surface area contributed by atoms with Crippen molar-refractivity contribution in [3.8, 4) is 11.5 Å². The summed E-state index contributed by atoms with van der Waals surface area (Å²) in [5.41, 5.74) is 0.687. The first-order valence-electron chi connectivity index (χ1n) is 6.45. The summed E-state index contributed by atoms with van der Waals surface area (Å²) in [5, 5.41) is 10.3. The first kappa shape index (κ1) is 13.2. The number of hydrogen-bond acceptors (Lipinski definition) is 3. The van der Waals surface area contributed by atoms with Gasteiger partial charge in [0.2, 0.25) is 0 Å². The molecule has 1 aromatic rings. The molecular formula is C15H22O3. The molecule has 0 saturated carbocycles. The molecule has 0 radical (unpaired) electrons. The molecule has 2 rings (SSSR count). The summed E-state index contributed by atoms with van der Waals surface area (Å²) in [6.07, 6.45) is -0.507. The van der Waals surface area contributed by atoms with E-state index in [-0.39, 0.29) is 5.41 Å². The van der Waals surface area contributed by atoms with Gasteiger partial charge in [-0.05, 0) is 23.1 Å². The largest absolute Gasteiger partial charge is 0.489 e. The summed E-state index contributed by atoms with van der Waals surface area (Å²) >= 11 is 0. The van der Waals surface area contributed by atoms with Gasteiger partial charge < -0.3 is 14.6 Å². The summed E-state index contributed by atoms with van der Waals surface area (Å²) in [4.78, 5) is 0. The van der Waals surface area contributed by atoms with Crippen LogP contribution in [0.15, 0.2) is 18.2 Å². The van der Waals surface area contributed by atoms with E-state index in [0.29, 0.717) is 19.1 Å². The van der Waals surface area contributed by atoms with Crippen molar-refractivity contribution in [2.45, 2.75) is 33.8 Å². The lowest BCUT2D eigenvalue weighted by molar-refractivity contribution is 0.0624. The van der Waals surface area contributed by atoms with Gasteiger partial charge in [0.15, 0.2) is 11.5 Å². The van der Waals surface area contributed by atoms with Crippen molar-refractivity contribution < 1.29 is 14.6 Å². The summed E-state index contributed by atoms with van der Waals surface area (Å²) in [6.45, 7) is 9.47. The van der Waals surface area contributed by atoms with Gasteiger partial charge in [0, 0.05) is 5.92 Å². The van der Waals surface area contributed by atoms with Crippen LogP contribution in [0.3, 0.4) is 0 Å². The minimum atomic E-state index is -0.507. The summed E-state index contributed by atoms with van der Waals surface area (Å²) in [6, 6.07) is 5.69. The Hall–Kier alpha value is -1.22. The Morgan fingerprint density at radius 3 is 2.39 bits per heavy atom. The molecule has 0 aromatic heterocycles. The standard InChI is InChI=1S/C15H22O3/c1-10-8-17-12-6-5-11(7-13(12)18-9-10)14(16)15(2,3)4/h5-7,10,14,16H,8-9H2,1-4H3. The highest BCUT2D eigenvalue weighted by atomic mass is 16.5. The minimum absolute atomic E-state index is 0.187. The average molecular weight is 250 g/mol. The van der Waals surface area contributed by atoms with Crippen LogP contribution in [0.2, 0.25) is 0 Å². The van der Waals surface area contributed by atoms with Gasteiger partial charge in [0.25, 0.3) is 0 Å². The Balaban J connectivity index is 2.27. The van der Waals surface area contributed by atoms with Gasteiger partial charge in [-0.1, -0.05) is 33.8 Å². The van der Waals surface area contributed by atoms with E-state index in [2.05, 4.69) is 6.92 Å². The molecule has 18 heavy (non-hydrogen) atoms. The van der Waals surface area contributed by atoms with Crippen molar-refractivity contribution >= 4 is 0 Å². The second kappa shape index (κ2) is 4.81. The van der Waals surface area contributed by atoms with Crippen molar-refractivity contribution in [1.82, 2.24) is 0 Å². The maximum Gasteiger partial charge on any atom is 0.161 e. The lowest BCUT2D eigenvalue weighted by atomic mass is 9.85. The molecule has 100 valence electrons. The van der Waals surface area contributed by atoms with Crippen LogP contribution in [0.25, 0.3) is 0 Å². The minimum Gasteiger partial charge on any atom is -0.489 e. The molecule has 0 bridgehead atoms. The number of aliphatic hydroxyl groups is 1. The van der Waals surface area contributed by atoms with E-state index >= 15 is 0 Å². The molecule has 0 spiro atoms. The highest BCUT2D eigenvalue weighted by Gasteiger charge is 2.25. The highest BCUT2D eigenvalue weighted by Crippen LogP contribution is 2.38. The number of aliphatic hydroxyl groups excluding tert-OH is 1. The Bertz CT molecular complexity index is 420. The van der Waals surface area contributed by atoms with Gasteiger partial charge in [0.1, 0.15) is 0 Å². The lowest BCUT2D eigenvalue weighted by Gasteiger charge is -2.26. The summed E-state index contributed by atoms with van der Waals surface area (Å²) < 4.78 is 11.4. The van der Waals surface area contributed by atoms with Crippen LogP contribution in [-0.2, 0) is 0 Å². The van der Waals surface area contributed by atoms with Crippen LogP contribution in [0.4, 0.5) is 0 Å². The molecule has 1 heterocycles. The quantitative estimate of drug-likeness (QED) is 0.832. The van der Waals surface area contributed by atoms with E-state index in [9.17, 15) is 5.11 Å². The number of rotatable bonds is 1. The summed E-state index contributed by atoms with van der Waals surface area (Å²) in [7, 11) is 0. The molecule has 0 fully saturated rings. The van der Waals surface area contributed by atoms with Gasteiger partial charge in [-0.15, -0.1) is 0 Å². The fraction of sp³-hybridized carbons (Fsp3) is 0.600. The van der Waals surface area contributed by atoms with Crippen molar-refractivity contribution in [2.24, 2.45) is 11.3 Å². The van der Waals surface area contributed by atoms with Crippen LogP contribution < -0.4 is 9.47 Å². The van der Waals surface area contributed by atoms with Gasteiger partial charge in [0.05, 0.1) is 19.3 Å². The Labute approximate surface area is 109 Å². The van der Waals surface area contributed by atoms with E-state index < -0.39 is 6.10 Å². The third-order valence-electron chi connectivity index (χ3n) is 3.15. The number of ether oxygens (including phenoxy) is 2. The smallest absolute Gasteiger partial charge is 0.161 e. The van der Waals surface area contributed by atoms with Crippen LogP contribution in [-0.4, -0.2) is 18.3 Å². The van der Waals surface area contributed by atoms with E-state index in [4.69, 9.17) is 9.47 Å². The lowest BCUT2D eigenvalue weighted by Crippen LogP contribution is -2.17. The molecule has 0 saturated heterocycles. The molecule has 1 aromatic carbocycles. The van der Waals surface area contributed by atoms with Crippen LogP contribution >= 0.6 is 0 Å². The Morgan fingerprint density at radius 1 is 1.17 bits per heavy atom. The van der Waals surface area contributed by atoms with Gasteiger partial charge in [-0.25, -0.2) is 0 Å². The zero-order valence-electron chi connectivity index (χ0n) is 11.6. The Kier molecular flexibility index (Phi) is 3.53. The molecule has 1 N–H and O–H groups in total. The van der Waals surface area contributed by atoms with E-state index in [0.717, 1.165) is 17.1 Å². The molecule has 1 aliphatic rings. The van der Waals surface area contributed by atoms with E-state index in [1.165, 1.54) is 0 Å². The fourth-order valence-electron chi connectivity index (χ4n) is 1.94. The second-order valence-corrected chi connectivity index (χ2v) is 6.20. The highest BCUT2D eigenvalue weighted by molar-refractivity contribution is 5.44. The zero-order chi connectivity index (χ0) is 13.3. The molecule has 2 unspecified atom stereocenters. The first-order chi connectivity index (χ1) is 8.38. The van der Waals surface area contributed by atoms with Gasteiger partial charge in [-0.3, -0.25) is 0 Å². The van der Waals surface area contributed by atoms with Crippen molar-refractivity contribution in [3.05, 3.63) is 23.8 Å². The maximum absolute atomic E-state index is 10.3. The number of fused-ring (bicyclic) bond motifs is 1. The number of hydrogen-bond donors (Lipinski definition) is 1. The number of benzene rings is 1. The molecule has 2 atom stereocenters. The van der Waals surface area contributed by atoms with Crippen molar-refractivity contribution in [2.75, 3.05) is 13.2 Å². The average Bonchev–Trinajstić information content (AvgIpc) is 2.49. The van der Waals surface area contributed by atoms with Crippen LogP contribution in [0.5, 0.6) is 11.5 Å². The van der Waals surface area contributed by atoms with Gasteiger partial charge >= 0.3 is 0 Å². The molecule has 3 nitrogen and oxygen atoms in total. The van der Waals surface area contributed by atoms with Crippen LogP contribution in [0.1, 0.15) is 39.4 Å². The zero-order valence-corrected chi connectivity index (χ0v) is 11.6. The first-order valence-corrected chi connectivity index (χ1v) is 6.45.